The lowest BCUT2D eigenvalue weighted by atomic mass is 9.96. The Hall–Kier alpha value is -1.68. The Labute approximate surface area is 107 Å². The summed E-state index contributed by atoms with van der Waals surface area (Å²) in [7, 11) is 0. The van der Waals surface area contributed by atoms with Crippen molar-refractivity contribution in [1.82, 2.24) is 0 Å². The maximum absolute atomic E-state index is 12.1. The largest absolute Gasteiger partial charge is 0.326 e. The van der Waals surface area contributed by atoms with Crippen molar-refractivity contribution < 1.29 is 9.59 Å². The number of aryl methyl sites for hydroxylation is 1. The highest BCUT2D eigenvalue weighted by Gasteiger charge is 2.32. The second kappa shape index (κ2) is 4.90. The van der Waals surface area contributed by atoms with Gasteiger partial charge in [0.2, 0.25) is 11.8 Å². The second-order valence-electron chi connectivity index (χ2n) is 4.91. The third-order valence-corrected chi connectivity index (χ3v) is 3.38. The van der Waals surface area contributed by atoms with Crippen LogP contribution in [0.5, 0.6) is 0 Å². The number of amides is 2. The SMILES string of the molecule is Cc1cccc(N2C(=O)CC(C)CC2=O)c1CN. The van der Waals surface area contributed by atoms with Gasteiger partial charge >= 0.3 is 0 Å². The third-order valence-electron chi connectivity index (χ3n) is 3.38. The lowest BCUT2D eigenvalue weighted by molar-refractivity contribution is -0.130. The number of hydrogen-bond acceptors (Lipinski definition) is 3. The fraction of sp³-hybridized carbons (Fsp3) is 0.429. The molecule has 4 heteroatoms. The van der Waals surface area contributed by atoms with Crippen LogP contribution in [0.2, 0.25) is 0 Å². The number of anilines is 1. The molecule has 0 aliphatic carbocycles. The Balaban J connectivity index is 2.45. The number of carbonyl (C=O) groups excluding carboxylic acids is 2. The van der Waals surface area contributed by atoms with Gasteiger partial charge in [-0.2, -0.15) is 0 Å². The first kappa shape index (κ1) is 12.8. The predicted octanol–water partition coefficient (Wildman–Crippen LogP) is 1.74. The van der Waals surface area contributed by atoms with E-state index < -0.39 is 0 Å². The first-order valence-corrected chi connectivity index (χ1v) is 6.19. The van der Waals surface area contributed by atoms with Crippen molar-refractivity contribution in [3.8, 4) is 0 Å². The van der Waals surface area contributed by atoms with Crippen LogP contribution in [0.25, 0.3) is 0 Å². The zero-order valence-corrected chi connectivity index (χ0v) is 10.8. The van der Waals surface area contributed by atoms with Crippen molar-refractivity contribution in [2.75, 3.05) is 4.90 Å². The number of nitrogens with zero attached hydrogens (tertiary/aromatic N) is 1. The third kappa shape index (κ3) is 2.16. The molecule has 0 spiro atoms. The first-order valence-electron chi connectivity index (χ1n) is 6.19. The molecule has 0 radical (unpaired) electrons. The molecule has 1 aliphatic rings. The Morgan fingerprint density at radius 3 is 2.44 bits per heavy atom. The minimum absolute atomic E-state index is 0.126. The maximum atomic E-state index is 12.1. The van der Waals surface area contributed by atoms with Crippen molar-refractivity contribution in [2.24, 2.45) is 11.7 Å². The molecule has 0 saturated carbocycles. The van der Waals surface area contributed by atoms with Crippen LogP contribution in [0.15, 0.2) is 18.2 Å². The molecule has 1 aromatic rings. The molecular formula is C14H18N2O2. The van der Waals surface area contributed by atoms with Crippen molar-refractivity contribution in [3.63, 3.8) is 0 Å². The normalized spacial score (nSPS) is 17.4. The van der Waals surface area contributed by atoms with Crippen LogP contribution in [0.3, 0.4) is 0 Å². The van der Waals surface area contributed by atoms with Crippen LogP contribution >= 0.6 is 0 Å². The zero-order chi connectivity index (χ0) is 13.3. The summed E-state index contributed by atoms with van der Waals surface area (Å²) < 4.78 is 0. The van der Waals surface area contributed by atoms with Gasteiger partial charge in [0, 0.05) is 19.4 Å². The van der Waals surface area contributed by atoms with E-state index in [2.05, 4.69) is 0 Å². The summed E-state index contributed by atoms with van der Waals surface area (Å²) in [6.07, 6.45) is 0.841. The second-order valence-corrected chi connectivity index (χ2v) is 4.91. The summed E-state index contributed by atoms with van der Waals surface area (Å²) >= 11 is 0. The molecule has 2 amide bonds. The van der Waals surface area contributed by atoms with Gasteiger partial charge in [0.05, 0.1) is 5.69 Å². The van der Waals surface area contributed by atoms with Gasteiger partial charge in [-0.1, -0.05) is 19.1 Å². The molecule has 2 N–H and O–H groups in total. The molecule has 1 fully saturated rings. The van der Waals surface area contributed by atoms with Crippen molar-refractivity contribution in [2.45, 2.75) is 33.2 Å². The van der Waals surface area contributed by atoms with E-state index in [1.807, 2.05) is 26.0 Å². The number of piperidine rings is 1. The smallest absolute Gasteiger partial charge is 0.234 e. The Morgan fingerprint density at radius 2 is 1.89 bits per heavy atom. The van der Waals surface area contributed by atoms with E-state index in [0.29, 0.717) is 25.1 Å². The first-order chi connectivity index (χ1) is 8.54. The fourth-order valence-corrected chi connectivity index (χ4v) is 2.42. The molecule has 4 nitrogen and oxygen atoms in total. The van der Waals surface area contributed by atoms with Crippen LogP contribution < -0.4 is 10.6 Å². The monoisotopic (exact) mass is 246 g/mol. The molecule has 0 unspecified atom stereocenters. The van der Waals surface area contributed by atoms with E-state index in [1.54, 1.807) is 6.07 Å². The predicted molar refractivity (Wildman–Crippen MR) is 70.0 cm³/mol. The highest BCUT2D eigenvalue weighted by molar-refractivity contribution is 6.17. The molecule has 1 heterocycles. The minimum atomic E-state index is -0.126. The quantitative estimate of drug-likeness (QED) is 0.808. The van der Waals surface area contributed by atoms with Gasteiger partial charge in [0.15, 0.2) is 0 Å². The summed E-state index contributed by atoms with van der Waals surface area (Å²) in [5.74, 6) is -0.120. The van der Waals surface area contributed by atoms with E-state index in [-0.39, 0.29) is 17.7 Å². The van der Waals surface area contributed by atoms with E-state index >= 15 is 0 Å². The van der Waals surface area contributed by atoms with Crippen molar-refractivity contribution in [1.29, 1.82) is 0 Å². The Morgan fingerprint density at radius 1 is 1.28 bits per heavy atom. The minimum Gasteiger partial charge on any atom is -0.326 e. The number of nitrogens with two attached hydrogens (primary N) is 1. The number of benzene rings is 1. The topological polar surface area (TPSA) is 63.4 Å². The molecule has 0 aromatic heterocycles. The molecular weight excluding hydrogens is 228 g/mol. The fourth-order valence-electron chi connectivity index (χ4n) is 2.42. The highest BCUT2D eigenvalue weighted by atomic mass is 16.2. The summed E-state index contributed by atoms with van der Waals surface area (Å²) in [6, 6.07) is 5.58. The van der Waals surface area contributed by atoms with Crippen LogP contribution in [-0.4, -0.2) is 11.8 Å². The van der Waals surface area contributed by atoms with E-state index in [9.17, 15) is 9.59 Å². The van der Waals surface area contributed by atoms with E-state index in [4.69, 9.17) is 5.73 Å². The number of imide groups is 1. The molecule has 1 aromatic carbocycles. The van der Waals surface area contributed by atoms with Gasteiger partial charge in [-0.05, 0) is 30.0 Å². The van der Waals surface area contributed by atoms with Crippen molar-refractivity contribution in [3.05, 3.63) is 29.3 Å². The molecule has 2 rings (SSSR count). The average molecular weight is 246 g/mol. The Bertz CT molecular complexity index is 479. The van der Waals surface area contributed by atoms with Gasteiger partial charge < -0.3 is 5.73 Å². The molecule has 0 bridgehead atoms. The summed E-state index contributed by atoms with van der Waals surface area (Å²) in [6.45, 7) is 4.19. The van der Waals surface area contributed by atoms with Gasteiger partial charge in [0.25, 0.3) is 0 Å². The highest BCUT2D eigenvalue weighted by Crippen LogP contribution is 2.29. The molecule has 1 aliphatic heterocycles. The number of hydrogen-bond donors (Lipinski definition) is 1. The lowest BCUT2D eigenvalue weighted by Gasteiger charge is -2.30. The van der Waals surface area contributed by atoms with Crippen molar-refractivity contribution >= 4 is 17.5 Å². The van der Waals surface area contributed by atoms with Crippen LogP contribution in [0.1, 0.15) is 30.9 Å². The molecule has 96 valence electrons. The van der Waals surface area contributed by atoms with Gasteiger partial charge in [-0.25, -0.2) is 0 Å². The van der Waals surface area contributed by atoms with Gasteiger partial charge in [-0.3, -0.25) is 14.5 Å². The summed E-state index contributed by atoms with van der Waals surface area (Å²) in [5, 5.41) is 0. The van der Waals surface area contributed by atoms with E-state index in [0.717, 1.165) is 11.1 Å². The zero-order valence-electron chi connectivity index (χ0n) is 10.8. The summed E-state index contributed by atoms with van der Waals surface area (Å²) in [5.41, 5.74) is 8.26. The van der Waals surface area contributed by atoms with Crippen LogP contribution in [-0.2, 0) is 16.1 Å². The Kier molecular flexibility index (Phi) is 3.48. The van der Waals surface area contributed by atoms with Crippen LogP contribution in [0.4, 0.5) is 5.69 Å². The summed E-state index contributed by atoms with van der Waals surface area (Å²) in [4.78, 5) is 25.4. The standard InChI is InChI=1S/C14H18N2O2/c1-9-6-13(17)16(14(18)7-9)12-5-3-4-10(2)11(12)8-15/h3-5,9H,6-8,15H2,1-2H3. The molecule has 1 saturated heterocycles. The van der Waals surface area contributed by atoms with Gasteiger partial charge in [0.1, 0.15) is 0 Å². The van der Waals surface area contributed by atoms with Gasteiger partial charge in [-0.15, -0.1) is 0 Å². The molecule has 18 heavy (non-hydrogen) atoms. The maximum Gasteiger partial charge on any atom is 0.234 e. The number of carbonyl (C=O) groups is 2. The molecule has 0 atom stereocenters. The average Bonchev–Trinajstić information content (AvgIpc) is 2.27. The van der Waals surface area contributed by atoms with Crippen LogP contribution in [0, 0.1) is 12.8 Å². The van der Waals surface area contributed by atoms with E-state index in [1.165, 1.54) is 4.90 Å². The lowest BCUT2D eigenvalue weighted by Crippen LogP contribution is -2.43. The number of rotatable bonds is 2.